The molecule has 0 saturated heterocycles. The monoisotopic (exact) mass is 406 g/mol. The zero-order chi connectivity index (χ0) is 21.0. The Morgan fingerprint density at radius 1 is 1.03 bits per heavy atom. The fourth-order valence-electron chi connectivity index (χ4n) is 4.20. The number of benzene rings is 2. The zero-order valence-corrected chi connectivity index (χ0v) is 16.6. The Morgan fingerprint density at radius 3 is 2.57 bits per heavy atom. The first-order valence-corrected chi connectivity index (χ1v) is 9.83. The summed E-state index contributed by atoms with van der Waals surface area (Å²) in [4.78, 5) is 21.1. The Morgan fingerprint density at radius 2 is 1.80 bits per heavy atom. The van der Waals surface area contributed by atoms with Crippen molar-refractivity contribution in [3.63, 3.8) is 0 Å². The quantitative estimate of drug-likeness (QED) is 0.691. The van der Waals surface area contributed by atoms with Gasteiger partial charge >= 0.3 is 0 Å². The number of amides is 1. The van der Waals surface area contributed by atoms with Gasteiger partial charge in [0.2, 0.25) is 0 Å². The van der Waals surface area contributed by atoms with Crippen LogP contribution in [0.1, 0.15) is 46.7 Å². The molecule has 5 nitrogen and oxygen atoms in total. The van der Waals surface area contributed by atoms with Crippen molar-refractivity contribution in [2.24, 2.45) is 0 Å². The van der Waals surface area contributed by atoms with Gasteiger partial charge < -0.3 is 10.6 Å². The first-order chi connectivity index (χ1) is 14.3. The average molecular weight is 406 g/mol. The number of hydrogen-bond acceptors (Lipinski definition) is 4. The van der Waals surface area contributed by atoms with E-state index in [1.807, 2.05) is 6.07 Å². The molecular weight excluding hydrogens is 386 g/mol. The van der Waals surface area contributed by atoms with Crippen molar-refractivity contribution < 1.29 is 13.6 Å². The predicted molar refractivity (Wildman–Crippen MR) is 109 cm³/mol. The number of aromatic nitrogens is 2. The van der Waals surface area contributed by atoms with Gasteiger partial charge in [0.25, 0.3) is 5.91 Å². The van der Waals surface area contributed by atoms with Crippen LogP contribution < -0.4 is 10.6 Å². The van der Waals surface area contributed by atoms with Crippen LogP contribution in [0.15, 0.2) is 36.4 Å². The van der Waals surface area contributed by atoms with E-state index in [-0.39, 0.29) is 29.3 Å². The molecule has 0 atom stereocenters. The number of fused-ring (bicyclic) bond motifs is 2. The predicted octanol–water partition coefficient (Wildman–Crippen LogP) is 3.96. The van der Waals surface area contributed by atoms with Crippen LogP contribution >= 0.6 is 0 Å². The average Bonchev–Trinajstić information content (AvgIpc) is 3.21. The molecule has 0 spiro atoms. The van der Waals surface area contributed by atoms with Gasteiger partial charge in [-0.2, -0.15) is 0 Å². The van der Waals surface area contributed by atoms with Gasteiger partial charge in [-0.3, -0.25) is 4.79 Å². The molecule has 2 aliphatic heterocycles. The van der Waals surface area contributed by atoms with E-state index in [2.05, 4.69) is 46.6 Å². The van der Waals surface area contributed by atoms with E-state index in [9.17, 15) is 13.6 Å². The summed E-state index contributed by atoms with van der Waals surface area (Å²) in [7, 11) is 0. The highest BCUT2D eigenvalue weighted by Crippen LogP contribution is 2.37. The maximum atomic E-state index is 14.3. The third kappa shape index (κ3) is 2.93. The second-order valence-electron chi connectivity index (χ2n) is 8.39. The molecule has 3 heterocycles. The minimum atomic E-state index is -0.734. The summed E-state index contributed by atoms with van der Waals surface area (Å²) >= 11 is 0. The number of carbonyl (C=O) groups excluding carboxylic acids is 1. The SMILES string of the molecule is CC1(C)CNc2cc(Cc3nc(-c4c(F)cccc4F)nc4c3C(=O)NC4)ccc21. The highest BCUT2D eigenvalue weighted by atomic mass is 19.1. The van der Waals surface area contributed by atoms with E-state index in [1.165, 1.54) is 23.8 Å². The molecule has 152 valence electrons. The topological polar surface area (TPSA) is 66.9 Å². The maximum absolute atomic E-state index is 14.3. The molecule has 0 bridgehead atoms. The fraction of sp³-hybridized carbons (Fsp3) is 0.261. The van der Waals surface area contributed by atoms with Gasteiger partial charge in [0.15, 0.2) is 5.82 Å². The Bertz CT molecular complexity index is 1190. The Hall–Kier alpha value is -3.35. The summed E-state index contributed by atoms with van der Waals surface area (Å²) in [6.45, 7) is 5.44. The van der Waals surface area contributed by atoms with Crippen LogP contribution in [0.25, 0.3) is 11.4 Å². The number of nitrogens with one attached hydrogen (secondary N) is 2. The molecule has 3 aromatic rings. The van der Waals surface area contributed by atoms with Crippen molar-refractivity contribution in [1.29, 1.82) is 0 Å². The van der Waals surface area contributed by atoms with Crippen molar-refractivity contribution in [3.05, 3.63) is 76.1 Å². The number of hydrogen-bond donors (Lipinski definition) is 2. The smallest absolute Gasteiger partial charge is 0.255 e. The lowest BCUT2D eigenvalue weighted by Crippen LogP contribution is -2.18. The first-order valence-electron chi connectivity index (χ1n) is 9.83. The first kappa shape index (κ1) is 18.7. The van der Waals surface area contributed by atoms with Gasteiger partial charge in [0.05, 0.1) is 29.1 Å². The van der Waals surface area contributed by atoms with Crippen molar-refractivity contribution >= 4 is 11.6 Å². The molecule has 2 N–H and O–H groups in total. The summed E-state index contributed by atoms with van der Waals surface area (Å²) in [5.41, 5.74) is 4.36. The Labute approximate surface area is 172 Å². The Kier molecular flexibility index (Phi) is 4.10. The fourth-order valence-corrected chi connectivity index (χ4v) is 4.20. The van der Waals surface area contributed by atoms with E-state index in [1.54, 1.807) is 0 Å². The maximum Gasteiger partial charge on any atom is 0.255 e. The van der Waals surface area contributed by atoms with Crippen LogP contribution in [0.3, 0.4) is 0 Å². The molecule has 2 aromatic carbocycles. The molecule has 5 rings (SSSR count). The molecular formula is C23H20F2N4O. The van der Waals surface area contributed by atoms with Crippen molar-refractivity contribution in [3.8, 4) is 11.4 Å². The van der Waals surface area contributed by atoms with Gasteiger partial charge in [0.1, 0.15) is 11.6 Å². The highest BCUT2D eigenvalue weighted by Gasteiger charge is 2.31. The molecule has 1 aromatic heterocycles. The van der Waals surface area contributed by atoms with Crippen LogP contribution in [-0.4, -0.2) is 22.4 Å². The van der Waals surface area contributed by atoms with E-state index in [0.29, 0.717) is 23.4 Å². The zero-order valence-electron chi connectivity index (χ0n) is 16.6. The van der Waals surface area contributed by atoms with Crippen LogP contribution in [0.5, 0.6) is 0 Å². The largest absolute Gasteiger partial charge is 0.384 e. The van der Waals surface area contributed by atoms with E-state index >= 15 is 0 Å². The molecule has 2 aliphatic rings. The highest BCUT2D eigenvalue weighted by molar-refractivity contribution is 5.99. The van der Waals surface area contributed by atoms with E-state index in [0.717, 1.165) is 17.8 Å². The number of anilines is 1. The molecule has 0 aliphatic carbocycles. The lowest BCUT2D eigenvalue weighted by atomic mass is 9.86. The Balaban J connectivity index is 1.60. The third-order valence-electron chi connectivity index (χ3n) is 5.79. The number of halogens is 2. The van der Waals surface area contributed by atoms with Crippen molar-refractivity contribution in [2.75, 3.05) is 11.9 Å². The van der Waals surface area contributed by atoms with Gasteiger partial charge in [-0.25, -0.2) is 18.7 Å². The van der Waals surface area contributed by atoms with Crippen LogP contribution in [-0.2, 0) is 18.4 Å². The minimum Gasteiger partial charge on any atom is -0.384 e. The van der Waals surface area contributed by atoms with Gasteiger partial charge in [-0.1, -0.05) is 32.0 Å². The second kappa shape index (κ2) is 6.58. The van der Waals surface area contributed by atoms with Crippen LogP contribution in [0, 0.1) is 11.6 Å². The summed E-state index contributed by atoms with van der Waals surface area (Å²) in [5, 5.41) is 6.15. The number of nitrogens with zero attached hydrogens (tertiary/aromatic N) is 2. The molecule has 0 unspecified atom stereocenters. The van der Waals surface area contributed by atoms with Gasteiger partial charge in [-0.05, 0) is 29.3 Å². The van der Waals surface area contributed by atoms with Gasteiger partial charge in [-0.15, -0.1) is 0 Å². The summed E-state index contributed by atoms with van der Waals surface area (Å²) in [5.74, 6) is -1.78. The normalized spacial score (nSPS) is 16.1. The molecule has 0 saturated carbocycles. The molecule has 1 amide bonds. The lowest BCUT2D eigenvalue weighted by Gasteiger charge is -2.17. The summed E-state index contributed by atoms with van der Waals surface area (Å²) in [6.07, 6.45) is 0.358. The second-order valence-corrected chi connectivity index (χ2v) is 8.39. The number of rotatable bonds is 3. The van der Waals surface area contributed by atoms with Crippen molar-refractivity contribution in [2.45, 2.75) is 32.2 Å². The summed E-state index contributed by atoms with van der Waals surface area (Å²) in [6, 6.07) is 9.79. The van der Waals surface area contributed by atoms with Crippen LogP contribution in [0.4, 0.5) is 14.5 Å². The van der Waals surface area contributed by atoms with Crippen LogP contribution in [0.2, 0.25) is 0 Å². The molecule has 0 radical (unpaired) electrons. The standard InChI is InChI=1S/C23H20F2N4O/c1-23(2)11-27-16-8-12(6-7-13(16)23)9-17-20-18(10-26-22(20)30)29-21(28-17)19-14(24)4-3-5-15(19)25/h3-8,27H,9-11H2,1-2H3,(H,26,30). The molecule has 7 heteroatoms. The minimum absolute atomic E-state index is 0.0451. The van der Waals surface area contributed by atoms with E-state index < -0.39 is 11.6 Å². The third-order valence-corrected chi connectivity index (χ3v) is 5.79. The van der Waals surface area contributed by atoms with Gasteiger partial charge in [0, 0.05) is 24.1 Å². The molecule has 0 fully saturated rings. The van der Waals surface area contributed by atoms with E-state index in [4.69, 9.17) is 0 Å². The summed E-state index contributed by atoms with van der Waals surface area (Å²) < 4.78 is 28.7. The lowest BCUT2D eigenvalue weighted by molar-refractivity contribution is 0.0964. The number of carbonyl (C=O) groups is 1. The van der Waals surface area contributed by atoms with Crippen molar-refractivity contribution in [1.82, 2.24) is 15.3 Å². The molecule has 30 heavy (non-hydrogen) atoms.